The van der Waals surface area contributed by atoms with Crippen LogP contribution in [0, 0.1) is 5.41 Å². The molecule has 0 fully saturated rings. The predicted octanol–water partition coefficient (Wildman–Crippen LogP) is 0.939. The molecular formula is C10H21NO3. The van der Waals surface area contributed by atoms with Crippen LogP contribution >= 0.6 is 0 Å². The normalized spacial score (nSPS) is 17.2. The molecule has 0 spiro atoms. The van der Waals surface area contributed by atoms with Gasteiger partial charge in [0.2, 0.25) is 0 Å². The van der Waals surface area contributed by atoms with Gasteiger partial charge >= 0.3 is 5.97 Å². The Morgan fingerprint density at radius 1 is 1.50 bits per heavy atom. The van der Waals surface area contributed by atoms with E-state index in [0.717, 1.165) is 6.42 Å². The van der Waals surface area contributed by atoms with Crippen molar-refractivity contribution >= 4 is 5.97 Å². The van der Waals surface area contributed by atoms with E-state index in [0.29, 0.717) is 13.0 Å². The van der Waals surface area contributed by atoms with E-state index in [1.807, 2.05) is 13.8 Å². The van der Waals surface area contributed by atoms with Crippen LogP contribution < -0.4 is 5.73 Å². The van der Waals surface area contributed by atoms with Gasteiger partial charge in [0.05, 0.1) is 20.1 Å². The van der Waals surface area contributed by atoms with Crippen LogP contribution in [0.1, 0.15) is 26.7 Å². The van der Waals surface area contributed by atoms with Crippen molar-refractivity contribution in [3.05, 3.63) is 0 Å². The number of methoxy groups -OCH3 is 2. The Kier molecular flexibility index (Phi) is 5.72. The number of esters is 1. The molecule has 2 N–H and O–H groups in total. The van der Waals surface area contributed by atoms with Crippen molar-refractivity contribution in [3.8, 4) is 0 Å². The van der Waals surface area contributed by atoms with Gasteiger partial charge in [0, 0.05) is 18.6 Å². The molecule has 4 nitrogen and oxygen atoms in total. The molecule has 0 aliphatic heterocycles. The van der Waals surface area contributed by atoms with Crippen molar-refractivity contribution in [3.63, 3.8) is 0 Å². The standard InChI is InChI=1S/C10H21NO3/c1-5-8(11)10(2,7-13-3)6-9(12)14-4/h8H,5-7,11H2,1-4H3. The lowest BCUT2D eigenvalue weighted by molar-refractivity contribution is -0.144. The van der Waals surface area contributed by atoms with E-state index >= 15 is 0 Å². The third kappa shape index (κ3) is 3.64. The summed E-state index contributed by atoms with van der Waals surface area (Å²) in [5.74, 6) is -0.242. The average Bonchev–Trinajstić information content (AvgIpc) is 2.16. The van der Waals surface area contributed by atoms with Crippen molar-refractivity contribution in [2.75, 3.05) is 20.8 Å². The molecular weight excluding hydrogens is 182 g/mol. The maximum absolute atomic E-state index is 11.2. The summed E-state index contributed by atoms with van der Waals surface area (Å²) in [5.41, 5.74) is 5.62. The summed E-state index contributed by atoms with van der Waals surface area (Å²) in [4.78, 5) is 11.2. The summed E-state index contributed by atoms with van der Waals surface area (Å²) < 4.78 is 9.72. The fourth-order valence-corrected chi connectivity index (χ4v) is 1.51. The first-order chi connectivity index (χ1) is 6.50. The lowest BCUT2D eigenvalue weighted by Gasteiger charge is -2.33. The van der Waals surface area contributed by atoms with Gasteiger partial charge in [-0.2, -0.15) is 0 Å². The van der Waals surface area contributed by atoms with Gasteiger partial charge in [-0.25, -0.2) is 0 Å². The highest BCUT2D eigenvalue weighted by atomic mass is 16.5. The van der Waals surface area contributed by atoms with Crippen LogP contribution in [0.2, 0.25) is 0 Å². The van der Waals surface area contributed by atoms with Crippen molar-refractivity contribution in [2.45, 2.75) is 32.7 Å². The first-order valence-corrected chi connectivity index (χ1v) is 4.81. The highest BCUT2D eigenvalue weighted by molar-refractivity contribution is 5.70. The van der Waals surface area contributed by atoms with Gasteiger partial charge in [-0.15, -0.1) is 0 Å². The molecule has 2 unspecified atom stereocenters. The Labute approximate surface area is 85.8 Å². The molecule has 0 aliphatic rings. The van der Waals surface area contributed by atoms with Crippen LogP contribution in [-0.2, 0) is 14.3 Å². The number of hydrogen-bond acceptors (Lipinski definition) is 4. The molecule has 0 aromatic rings. The Hall–Kier alpha value is -0.610. The highest BCUT2D eigenvalue weighted by Gasteiger charge is 2.33. The van der Waals surface area contributed by atoms with E-state index < -0.39 is 0 Å². The summed E-state index contributed by atoms with van der Waals surface area (Å²) in [6, 6.07) is -0.0541. The fraction of sp³-hybridized carbons (Fsp3) is 0.900. The Balaban J connectivity index is 4.45. The number of nitrogens with two attached hydrogens (primary N) is 1. The largest absolute Gasteiger partial charge is 0.469 e. The first-order valence-electron chi connectivity index (χ1n) is 4.81. The Bertz CT molecular complexity index is 184. The quantitative estimate of drug-likeness (QED) is 0.653. The van der Waals surface area contributed by atoms with E-state index in [-0.39, 0.29) is 17.4 Å². The molecule has 0 aromatic heterocycles. The van der Waals surface area contributed by atoms with Gasteiger partial charge in [0.25, 0.3) is 0 Å². The predicted molar refractivity (Wildman–Crippen MR) is 54.9 cm³/mol. The topological polar surface area (TPSA) is 61.5 Å². The summed E-state index contributed by atoms with van der Waals surface area (Å²) in [5, 5.41) is 0. The van der Waals surface area contributed by atoms with Gasteiger partial charge in [-0.05, 0) is 6.42 Å². The number of hydrogen-bond donors (Lipinski definition) is 1. The second-order valence-corrected chi connectivity index (χ2v) is 3.85. The molecule has 0 bridgehead atoms. The minimum Gasteiger partial charge on any atom is -0.469 e. The maximum atomic E-state index is 11.2. The SMILES string of the molecule is CCC(N)C(C)(COC)CC(=O)OC. The number of rotatable bonds is 6. The number of ether oxygens (including phenoxy) is 2. The van der Waals surface area contributed by atoms with Crippen molar-refractivity contribution in [2.24, 2.45) is 11.1 Å². The van der Waals surface area contributed by atoms with Gasteiger partial charge in [-0.1, -0.05) is 13.8 Å². The first kappa shape index (κ1) is 13.4. The van der Waals surface area contributed by atoms with Crippen LogP contribution in [0.25, 0.3) is 0 Å². The minimum atomic E-state index is -0.337. The molecule has 0 aliphatic carbocycles. The van der Waals surface area contributed by atoms with Crippen molar-refractivity contribution < 1.29 is 14.3 Å². The molecule has 0 heterocycles. The molecule has 0 radical (unpaired) electrons. The number of carbonyl (C=O) groups excluding carboxylic acids is 1. The molecule has 0 rings (SSSR count). The molecule has 14 heavy (non-hydrogen) atoms. The van der Waals surface area contributed by atoms with E-state index in [1.165, 1.54) is 7.11 Å². The highest BCUT2D eigenvalue weighted by Crippen LogP contribution is 2.27. The van der Waals surface area contributed by atoms with Gasteiger partial charge in [0.1, 0.15) is 0 Å². The van der Waals surface area contributed by atoms with E-state index in [2.05, 4.69) is 4.74 Å². The van der Waals surface area contributed by atoms with E-state index in [9.17, 15) is 4.79 Å². The second kappa shape index (κ2) is 5.98. The average molecular weight is 203 g/mol. The van der Waals surface area contributed by atoms with Crippen LogP contribution in [0.3, 0.4) is 0 Å². The molecule has 2 atom stereocenters. The van der Waals surface area contributed by atoms with Gasteiger partial charge in [-0.3, -0.25) is 4.79 Å². The van der Waals surface area contributed by atoms with E-state index in [4.69, 9.17) is 10.5 Å². The van der Waals surface area contributed by atoms with Crippen LogP contribution in [0.5, 0.6) is 0 Å². The molecule has 0 amide bonds. The smallest absolute Gasteiger partial charge is 0.306 e. The van der Waals surface area contributed by atoms with Crippen LogP contribution in [-0.4, -0.2) is 32.8 Å². The lowest BCUT2D eigenvalue weighted by atomic mass is 9.79. The van der Waals surface area contributed by atoms with Crippen LogP contribution in [0.15, 0.2) is 0 Å². The molecule has 4 heteroatoms. The monoisotopic (exact) mass is 203 g/mol. The Morgan fingerprint density at radius 2 is 2.07 bits per heavy atom. The Morgan fingerprint density at radius 3 is 2.43 bits per heavy atom. The minimum absolute atomic E-state index is 0.0541. The molecule has 84 valence electrons. The lowest BCUT2D eigenvalue weighted by Crippen LogP contribution is -2.44. The summed E-state index contributed by atoms with van der Waals surface area (Å²) in [6.07, 6.45) is 1.11. The van der Waals surface area contributed by atoms with Gasteiger partial charge in [0.15, 0.2) is 0 Å². The molecule has 0 saturated carbocycles. The number of carbonyl (C=O) groups is 1. The summed E-state index contributed by atoms with van der Waals surface area (Å²) in [7, 11) is 2.99. The zero-order valence-corrected chi connectivity index (χ0v) is 9.50. The zero-order valence-electron chi connectivity index (χ0n) is 9.50. The van der Waals surface area contributed by atoms with Crippen LogP contribution in [0.4, 0.5) is 0 Å². The third-order valence-electron chi connectivity index (χ3n) is 2.58. The second-order valence-electron chi connectivity index (χ2n) is 3.85. The summed E-state index contributed by atoms with van der Waals surface area (Å²) >= 11 is 0. The van der Waals surface area contributed by atoms with Crippen molar-refractivity contribution in [1.82, 2.24) is 0 Å². The summed E-state index contributed by atoms with van der Waals surface area (Å²) in [6.45, 7) is 4.41. The maximum Gasteiger partial charge on any atom is 0.306 e. The molecule has 0 saturated heterocycles. The van der Waals surface area contributed by atoms with E-state index in [1.54, 1.807) is 7.11 Å². The zero-order chi connectivity index (χ0) is 11.2. The van der Waals surface area contributed by atoms with Crippen molar-refractivity contribution in [1.29, 1.82) is 0 Å². The third-order valence-corrected chi connectivity index (χ3v) is 2.58. The molecule has 0 aromatic carbocycles. The fourth-order valence-electron chi connectivity index (χ4n) is 1.51. The van der Waals surface area contributed by atoms with Gasteiger partial charge < -0.3 is 15.2 Å².